The maximum atomic E-state index is 5.49. The Labute approximate surface area is 174 Å². The summed E-state index contributed by atoms with van der Waals surface area (Å²) in [6.07, 6.45) is 2.99. The SMILES string of the molecule is CCCCc1nc(CSc2nnc(N3CCOCC3)n2-c2ccc(C)cc2)no1. The summed E-state index contributed by atoms with van der Waals surface area (Å²) in [4.78, 5) is 6.71. The summed E-state index contributed by atoms with van der Waals surface area (Å²) in [5, 5.41) is 13.9. The van der Waals surface area contributed by atoms with Crippen molar-refractivity contribution in [3.8, 4) is 5.69 Å². The molecule has 0 atom stereocenters. The van der Waals surface area contributed by atoms with Crippen LogP contribution in [0.5, 0.6) is 0 Å². The summed E-state index contributed by atoms with van der Waals surface area (Å²) in [6, 6.07) is 8.41. The Morgan fingerprint density at radius 1 is 1.10 bits per heavy atom. The van der Waals surface area contributed by atoms with Crippen LogP contribution in [0.3, 0.4) is 0 Å². The Balaban J connectivity index is 1.56. The molecule has 2 aromatic heterocycles. The van der Waals surface area contributed by atoms with E-state index >= 15 is 0 Å². The van der Waals surface area contributed by atoms with Gasteiger partial charge in [0.05, 0.1) is 24.7 Å². The van der Waals surface area contributed by atoms with Crippen LogP contribution < -0.4 is 4.90 Å². The van der Waals surface area contributed by atoms with Crippen LogP contribution >= 0.6 is 11.8 Å². The first-order chi connectivity index (χ1) is 14.2. The van der Waals surface area contributed by atoms with Crippen LogP contribution in [0.1, 0.15) is 37.0 Å². The predicted molar refractivity (Wildman–Crippen MR) is 112 cm³/mol. The topological polar surface area (TPSA) is 82.1 Å². The van der Waals surface area contributed by atoms with Crippen LogP contribution in [0.4, 0.5) is 5.95 Å². The minimum Gasteiger partial charge on any atom is -0.378 e. The molecule has 0 radical (unpaired) electrons. The molecule has 1 aromatic carbocycles. The number of nitrogens with zero attached hydrogens (tertiary/aromatic N) is 6. The zero-order valence-corrected chi connectivity index (χ0v) is 17.7. The predicted octanol–water partition coefficient (Wildman–Crippen LogP) is 3.43. The molecule has 1 aliphatic heterocycles. The number of thioether (sulfide) groups is 1. The molecule has 0 N–H and O–H groups in total. The van der Waals surface area contributed by atoms with Gasteiger partial charge >= 0.3 is 0 Å². The molecule has 0 unspecified atom stereocenters. The first kappa shape index (κ1) is 19.9. The molecule has 4 rings (SSSR count). The molecule has 1 aliphatic rings. The quantitative estimate of drug-likeness (QED) is 0.519. The molecule has 0 saturated carbocycles. The van der Waals surface area contributed by atoms with Crippen molar-refractivity contribution in [1.82, 2.24) is 24.9 Å². The highest BCUT2D eigenvalue weighted by atomic mass is 32.2. The Bertz CT molecular complexity index is 917. The van der Waals surface area contributed by atoms with Crippen LogP contribution in [0, 0.1) is 6.92 Å². The fourth-order valence-corrected chi connectivity index (χ4v) is 3.94. The van der Waals surface area contributed by atoms with Gasteiger partial charge in [0.1, 0.15) is 0 Å². The van der Waals surface area contributed by atoms with Gasteiger partial charge in [-0.3, -0.25) is 4.57 Å². The third kappa shape index (κ3) is 4.79. The largest absolute Gasteiger partial charge is 0.378 e. The van der Waals surface area contributed by atoms with Crippen molar-refractivity contribution in [3.05, 3.63) is 41.5 Å². The minimum atomic E-state index is 0.586. The van der Waals surface area contributed by atoms with E-state index in [-0.39, 0.29) is 0 Å². The van der Waals surface area contributed by atoms with Crippen molar-refractivity contribution < 1.29 is 9.26 Å². The van der Waals surface area contributed by atoms with Crippen molar-refractivity contribution in [3.63, 3.8) is 0 Å². The summed E-state index contributed by atoms with van der Waals surface area (Å²) >= 11 is 1.57. The van der Waals surface area contributed by atoms with Gasteiger partial charge in [0.15, 0.2) is 11.0 Å². The Kier molecular flexibility index (Phi) is 6.46. The van der Waals surface area contributed by atoms with Crippen molar-refractivity contribution in [2.24, 2.45) is 0 Å². The monoisotopic (exact) mass is 414 g/mol. The van der Waals surface area contributed by atoms with E-state index in [9.17, 15) is 0 Å². The van der Waals surface area contributed by atoms with Crippen LogP contribution in [0.25, 0.3) is 5.69 Å². The highest BCUT2D eigenvalue weighted by molar-refractivity contribution is 7.98. The van der Waals surface area contributed by atoms with Crippen LogP contribution in [-0.4, -0.2) is 51.2 Å². The number of benzene rings is 1. The van der Waals surface area contributed by atoms with Crippen LogP contribution in [0.15, 0.2) is 33.9 Å². The second-order valence-electron chi connectivity index (χ2n) is 7.05. The molecule has 0 amide bonds. The lowest BCUT2D eigenvalue weighted by Crippen LogP contribution is -2.37. The number of hydrogen-bond donors (Lipinski definition) is 0. The van der Waals surface area contributed by atoms with Gasteiger partial charge in [0.2, 0.25) is 11.8 Å². The van der Waals surface area contributed by atoms with E-state index in [1.807, 2.05) is 0 Å². The fraction of sp³-hybridized carbons (Fsp3) is 0.500. The lowest BCUT2D eigenvalue weighted by Gasteiger charge is -2.27. The fourth-order valence-electron chi connectivity index (χ4n) is 3.15. The molecule has 9 heteroatoms. The first-order valence-corrected chi connectivity index (χ1v) is 11.0. The van der Waals surface area contributed by atoms with Crippen molar-refractivity contribution in [2.75, 3.05) is 31.2 Å². The lowest BCUT2D eigenvalue weighted by molar-refractivity contribution is 0.122. The summed E-state index contributed by atoms with van der Waals surface area (Å²) in [5.74, 6) is 2.82. The second kappa shape index (κ2) is 9.41. The molecule has 29 heavy (non-hydrogen) atoms. The normalized spacial score (nSPS) is 14.5. The smallest absolute Gasteiger partial charge is 0.232 e. The summed E-state index contributed by atoms with van der Waals surface area (Å²) in [7, 11) is 0. The maximum absolute atomic E-state index is 5.49. The highest BCUT2D eigenvalue weighted by Gasteiger charge is 2.22. The standard InChI is InChI=1S/C20H26N6O2S/c1-3-4-5-18-21-17(24-28-18)14-29-20-23-22-19(25-10-12-27-13-11-25)26(20)16-8-6-15(2)7-9-16/h6-9H,3-5,10-14H2,1-2H3. The van der Waals surface area contributed by atoms with E-state index in [0.29, 0.717) is 30.7 Å². The number of anilines is 1. The average molecular weight is 415 g/mol. The molecule has 3 aromatic rings. The summed E-state index contributed by atoms with van der Waals surface area (Å²) in [5.41, 5.74) is 2.26. The van der Waals surface area contributed by atoms with Crippen molar-refractivity contribution in [1.29, 1.82) is 0 Å². The molecule has 154 valence electrons. The second-order valence-corrected chi connectivity index (χ2v) is 7.99. The van der Waals surface area contributed by atoms with Gasteiger partial charge in [-0.25, -0.2) is 0 Å². The summed E-state index contributed by atoms with van der Waals surface area (Å²) in [6.45, 7) is 7.25. The molecular weight excluding hydrogens is 388 g/mol. The lowest BCUT2D eigenvalue weighted by atomic mass is 10.2. The van der Waals surface area contributed by atoms with E-state index in [1.54, 1.807) is 11.8 Å². The third-order valence-electron chi connectivity index (χ3n) is 4.79. The Morgan fingerprint density at radius 2 is 1.90 bits per heavy atom. The molecule has 0 spiro atoms. The minimum absolute atomic E-state index is 0.586. The van der Waals surface area contributed by atoms with Gasteiger partial charge in [-0.15, -0.1) is 10.2 Å². The van der Waals surface area contributed by atoms with Crippen LogP contribution in [0.2, 0.25) is 0 Å². The molecule has 1 saturated heterocycles. The van der Waals surface area contributed by atoms with E-state index in [2.05, 4.69) is 67.9 Å². The maximum Gasteiger partial charge on any atom is 0.232 e. The van der Waals surface area contributed by atoms with Gasteiger partial charge in [0, 0.05) is 19.5 Å². The van der Waals surface area contributed by atoms with Gasteiger partial charge in [0.25, 0.3) is 0 Å². The molecule has 1 fully saturated rings. The van der Waals surface area contributed by atoms with E-state index in [4.69, 9.17) is 9.26 Å². The highest BCUT2D eigenvalue weighted by Crippen LogP contribution is 2.29. The number of aryl methyl sites for hydroxylation is 2. The zero-order valence-electron chi connectivity index (χ0n) is 16.9. The summed E-state index contributed by atoms with van der Waals surface area (Å²) < 4.78 is 12.9. The Hall–Kier alpha value is -2.39. The third-order valence-corrected chi connectivity index (χ3v) is 5.71. The van der Waals surface area contributed by atoms with E-state index in [1.165, 1.54) is 5.56 Å². The van der Waals surface area contributed by atoms with E-state index < -0.39 is 0 Å². The number of rotatable bonds is 8. The van der Waals surface area contributed by atoms with Gasteiger partial charge in [-0.05, 0) is 25.5 Å². The molecule has 8 nitrogen and oxygen atoms in total. The number of morpholine rings is 1. The molecule has 0 aliphatic carbocycles. The first-order valence-electron chi connectivity index (χ1n) is 10.0. The number of aromatic nitrogens is 5. The average Bonchev–Trinajstić information content (AvgIpc) is 3.39. The van der Waals surface area contributed by atoms with E-state index in [0.717, 1.165) is 49.1 Å². The molecule has 0 bridgehead atoms. The van der Waals surface area contributed by atoms with Gasteiger partial charge in [-0.1, -0.05) is 48.0 Å². The number of unbranched alkanes of at least 4 members (excludes halogenated alkanes) is 1. The van der Waals surface area contributed by atoms with Crippen molar-refractivity contribution >= 4 is 17.7 Å². The van der Waals surface area contributed by atoms with Crippen LogP contribution in [-0.2, 0) is 16.9 Å². The Morgan fingerprint density at radius 3 is 2.66 bits per heavy atom. The number of ether oxygens (including phenoxy) is 1. The van der Waals surface area contributed by atoms with Gasteiger partial charge in [-0.2, -0.15) is 4.98 Å². The van der Waals surface area contributed by atoms with Crippen molar-refractivity contribution in [2.45, 2.75) is 44.0 Å². The molecular formula is C20H26N6O2S. The zero-order chi connectivity index (χ0) is 20.1. The van der Waals surface area contributed by atoms with Gasteiger partial charge < -0.3 is 14.2 Å². The number of hydrogen-bond acceptors (Lipinski definition) is 8. The molecule has 3 heterocycles.